The van der Waals surface area contributed by atoms with E-state index in [-0.39, 0.29) is 6.04 Å². The number of hydrogen-bond donors (Lipinski definition) is 3. The fourth-order valence-corrected chi connectivity index (χ4v) is 6.41. The van der Waals surface area contributed by atoms with Crippen molar-refractivity contribution in [3.05, 3.63) is 23.7 Å². The fraction of sp³-hybridized carbons (Fsp3) is 0.630. The minimum Gasteiger partial charge on any atom is -0.390 e. The molecule has 3 heterocycles. The summed E-state index contributed by atoms with van der Waals surface area (Å²) in [6, 6.07) is 2.29. The van der Waals surface area contributed by atoms with Crippen LogP contribution in [0.3, 0.4) is 0 Å². The first-order valence-corrected chi connectivity index (χ1v) is 14.0. The maximum Gasteiger partial charge on any atom is 0.224 e. The molecule has 0 spiro atoms. The summed E-state index contributed by atoms with van der Waals surface area (Å²) in [5, 5.41) is 19.2. The van der Waals surface area contributed by atoms with E-state index in [0.29, 0.717) is 11.9 Å². The molecule has 1 saturated carbocycles. The number of aryl methyl sites for hydroxylation is 2. The van der Waals surface area contributed by atoms with Crippen molar-refractivity contribution in [1.29, 1.82) is 0 Å². The van der Waals surface area contributed by atoms with Crippen molar-refractivity contribution in [2.24, 2.45) is 5.92 Å². The average Bonchev–Trinajstić information content (AvgIpc) is 3.49. The van der Waals surface area contributed by atoms with Gasteiger partial charge in [0.2, 0.25) is 5.95 Å². The Labute approximate surface area is 213 Å². The maximum atomic E-state index is 11.1. The van der Waals surface area contributed by atoms with Crippen molar-refractivity contribution >= 4 is 33.3 Å². The van der Waals surface area contributed by atoms with Gasteiger partial charge in [0.1, 0.15) is 16.3 Å². The Bertz CT molecular complexity index is 1140. The molecule has 3 aromatic heterocycles. The molecule has 0 aromatic carbocycles. The fourth-order valence-electron chi connectivity index (χ4n) is 5.30. The van der Waals surface area contributed by atoms with Crippen LogP contribution >= 0.6 is 11.3 Å². The number of nitrogens with zero attached hydrogens (tertiary/aromatic N) is 4. The number of hydrogen-bond acceptors (Lipinski definition) is 8. The summed E-state index contributed by atoms with van der Waals surface area (Å²) in [5.74, 6) is 1.81. The Morgan fingerprint density at radius 2 is 1.86 bits per heavy atom. The largest absolute Gasteiger partial charge is 0.390 e. The molecule has 4 rings (SSSR count). The molecule has 0 saturated heterocycles. The van der Waals surface area contributed by atoms with Crippen molar-refractivity contribution < 1.29 is 5.11 Å². The van der Waals surface area contributed by atoms with Crippen LogP contribution in [0.5, 0.6) is 0 Å². The van der Waals surface area contributed by atoms with Crippen LogP contribution in [-0.2, 0) is 0 Å². The lowest BCUT2D eigenvalue weighted by molar-refractivity contribution is -0.0236. The predicted octanol–water partition coefficient (Wildman–Crippen LogP) is 6.50. The van der Waals surface area contributed by atoms with Gasteiger partial charge in [-0.3, -0.25) is 4.98 Å². The molecule has 7 nitrogen and oxygen atoms in total. The lowest BCUT2D eigenvalue weighted by Crippen LogP contribution is -2.36. The zero-order valence-electron chi connectivity index (χ0n) is 21.8. The number of rotatable bonds is 11. The molecule has 8 heteroatoms. The Hall–Kier alpha value is -2.32. The van der Waals surface area contributed by atoms with E-state index in [1.54, 1.807) is 11.3 Å². The first kappa shape index (κ1) is 25.8. The Kier molecular flexibility index (Phi) is 8.22. The minimum atomic E-state index is -0.579. The van der Waals surface area contributed by atoms with E-state index in [1.807, 2.05) is 26.1 Å². The third kappa shape index (κ3) is 5.59. The van der Waals surface area contributed by atoms with Gasteiger partial charge in [-0.05, 0) is 64.4 Å². The zero-order valence-corrected chi connectivity index (χ0v) is 22.6. The summed E-state index contributed by atoms with van der Waals surface area (Å²) in [6.45, 7) is 11.3. The quantitative estimate of drug-likeness (QED) is 0.261. The van der Waals surface area contributed by atoms with E-state index in [9.17, 15) is 5.11 Å². The predicted molar refractivity (Wildman–Crippen MR) is 146 cm³/mol. The molecule has 1 aliphatic rings. The van der Waals surface area contributed by atoms with E-state index in [4.69, 9.17) is 15.0 Å². The highest BCUT2D eigenvalue weighted by atomic mass is 32.1. The van der Waals surface area contributed by atoms with Crippen molar-refractivity contribution in [1.82, 2.24) is 19.9 Å². The Morgan fingerprint density at radius 3 is 2.57 bits per heavy atom. The number of fused-ring (bicyclic) bond motifs is 1. The second-order valence-corrected chi connectivity index (χ2v) is 10.9. The summed E-state index contributed by atoms with van der Waals surface area (Å²) in [6.07, 6.45) is 9.91. The van der Waals surface area contributed by atoms with Crippen LogP contribution in [-0.4, -0.2) is 43.2 Å². The van der Waals surface area contributed by atoms with Gasteiger partial charge in [0.05, 0.1) is 27.3 Å². The maximum absolute atomic E-state index is 11.1. The van der Waals surface area contributed by atoms with Crippen molar-refractivity contribution in [3.8, 4) is 10.6 Å². The van der Waals surface area contributed by atoms with Crippen LogP contribution in [0.1, 0.15) is 83.5 Å². The Morgan fingerprint density at radius 1 is 1.06 bits per heavy atom. The number of nitrogens with one attached hydrogen (secondary N) is 2. The third-order valence-electron chi connectivity index (χ3n) is 7.62. The number of aliphatic hydroxyl groups is 1. The summed E-state index contributed by atoms with van der Waals surface area (Å²) < 4.78 is 1.12. The SMILES string of the molecule is CCCCCNc1nc(C)c(-c2nc3c(C)nccc3s2)c(NC2CC[C@H](C(O)(CC)CC)C2)n1. The van der Waals surface area contributed by atoms with Crippen LogP contribution in [0.25, 0.3) is 20.8 Å². The Balaban J connectivity index is 1.66. The van der Waals surface area contributed by atoms with Crippen molar-refractivity contribution in [3.63, 3.8) is 0 Å². The minimum absolute atomic E-state index is 0.267. The number of anilines is 2. The first-order chi connectivity index (χ1) is 16.9. The highest BCUT2D eigenvalue weighted by Crippen LogP contribution is 2.41. The molecule has 0 amide bonds. The smallest absolute Gasteiger partial charge is 0.224 e. The van der Waals surface area contributed by atoms with Gasteiger partial charge >= 0.3 is 0 Å². The first-order valence-electron chi connectivity index (χ1n) is 13.2. The average molecular weight is 497 g/mol. The van der Waals surface area contributed by atoms with Gasteiger partial charge in [-0.2, -0.15) is 4.98 Å². The summed E-state index contributed by atoms with van der Waals surface area (Å²) in [4.78, 5) is 19.1. The molecule has 0 aliphatic heterocycles. The summed E-state index contributed by atoms with van der Waals surface area (Å²) in [5.41, 5.74) is 3.18. The van der Waals surface area contributed by atoms with E-state index in [0.717, 1.165) is 83.1 Å². The molecule has 3 N–H and O–H groups in total. The number of thiazole rings is 1. The normalized spacial score (nSPS) is 18.3. The van der Waals surface area contributed by atoms with Gasteiger partial charge in [-0.15, -0.1) is 11.3 Å². The van der Waals surface area contributed by atoms with E-state index in [1.165, 1.54) is 12.8 Å². The van der Waals surface area contributed by atoms with Crippen LogP contribution in [0, 0.1) is 19.8 Å². The lowest BCUT2D eigenvalue weighted by Gasteiger charge is -2.32. The van der Waals surface area contributed by atoms with E-state index < -0.39 is 5.60 Å². The van der Waals surface area contributed by atoms with E-state index in [2.05, 4.69) is 36.4 Å². The molecule has 0 bridgehead atoms. The van der Waals surface area contributed by atoms with Crippen molar-refractivity contribution in [2.75, 3.05) is 17.2 Å². The highest BCUT2D eigenvalue weighted by Gasteiger charge is 2.39. The van der Waals surface area contributed by atoms with Crippen LogP contribution in [0.4, 0.5) is 11.8 Å². The molecule has 1 unspecified atom stereocenters. The monoisotopic (exact) mass is 496 g/mol. The van der Waals surface area contributed by atoms with E-state index >= 15 is 0 Å². The van der Waals surface area contributed by atoms with Gasteiger partial charge in [0, 0.05) is 18.8 Å². The second kappa shape index (κ2) is 11.2. The second-order valence-electron chi connectivity index (χ2n) is 9.91. The molecule has 0 radical (unpaired) electrons. The number of pyridine rings is 1. The van der Waals surface area contributed by atoms with Crippen LogP contribution < -0.4 is 10.6 Å². The molecule has 2 atom stereocenters. The topological polar surface area (TPSA) is 95.9 Å². The van der Waals surface area contributed by atoms with Crippen LogP contribution in [0.15, 0.2) is 12.3 Å². The van der Waals surface area contributed by atoms with Gasteiger partial charge in [-0.25, -0.2) is 9.97 Å². The summed E-state index contributed by atoms with van der Waals surface area (Å²) >= 11 is 1.66. The molecule has 1 aliphatic carbocycles. The van der Waals surface area contributed by atoms with Gasteiger partial charge < -0.3 is 15.7 Å². The highest BCUT2D eigenvalue weighted by molar-refractivity contribution is 7.21. The van der Waals surface area contributed by atoms with Gasteiger partial charge in [0.25, 0.3) is 0 Å². The molecular weight excluding hydrogens is 456 g/mol. The van der Waals surface area contributed by atoms with Crippen molar-refractivity contribution in [2.45, 2.75) is 97.6 Å². The molecular formula is C27H40N6OS. The summed E-state index contributed by atoms with van der Waals surface area (Å²) in [7, 11) is 0. The molecule has 35 heavy (non-hydrogen) atoms. The molecule has 190 valence electrons. The number of unbranched alkanes of at least 4 members (excludes halogenated alkanes) is 2. The lowest BCUT2D eigenvalue weighted by atomic mass is 9.81. The molecule has 1 fully saturated rings. The standard InChI is InChI=1S/C27H40N6OS/c1-6-9-10-14-29-26-30-17(4)22(25-32-23-18(5)28-15-13-21(23)35-25)24(33-26)31-20-12-11-19(16-20)27(34,7-2)8-3/h13,15,19-20,34H,6-12,14,16H2,1-5H3,(H2,29,30,31,33)/t19-,20?/m0/s1. The zero-order chi connectivity index (χ0) is 25.0. The third-order valence-corrected chi connectivity index (χ3v) is 8.65. The number of aromatic nitrogens is 4. The van der Waals surface area contributed by atoms with Gasteiger partial charge in [-0.1, -0.05) is 33.6 Å². The van der Waals surface area contributed by atoms with Crippen LogP contribution in [0.2, 0.25) is 0 Å². The van der Waals surface area contributed by atoms with Gasteiger partial charge in [0.15, 0.2) is 0 Å². The molecule has 3 aromatic rings.